The van der Waals surface area contributed by atoms with Crippen LogP contribution in [-0.4, -0.2) is 37.7 Å². The number of rotatable bonds is 11. The highest BCUT2D eigenvalue weighted by Gasteiger charge is 2.44. The Kier molecular flexibility index (Phi) is 7.75. The van der Waals surface area contributed by atoms with Gasteiger partial charge in [-0.1, -0.05) is 57.4 Å². The largest absolute Gasteiger partial charge is 0.494 e. The molecule has 2 aromatic rings. The maximum Gasteiger partial charge on any atom is 0.258 e. The van der Waals surface area contributed by atoms with Crippen LogP contribution in [0.3, 0.4) is 0 Å². The monoisotopic (exact) mass is 410 g/mol. The number of benzene rings is 2. The van der Waals surface area contributed by atoms with Crippen LogP contribution in [0.1, 0.15) is 61.9 Å². The fourth-order valence-electron chi connectivity index (χ4n) is 4.12. The highest BCUT2D eigenvalue weighted by molar-refractivity contribution is 6.02. The van der Waals surface area contributed by atoms with E-state index in [9.17, 15) is 4.79 Å². The van der Waals surface area contributed by atoms with Crippen LogP contribution in [0.25, 0.3) is 0 Å². The molecule has 0 saturated carbocycles. The maximum absolute atomic E-state index is 13.4. The molecule has 0 bridgehead atoms. The molecule has 5 heteroatoms. The van der Waals surface area contributed by atoms with E-state index in [1.165, 1.54) is 19.3 Å². The van der Waals surface area contributed by atoms with Gasteiger partial charge in [0.2, 0.25) is 0 Å². The van der Waals surface area contributed by atoms with Gasteiger partial charge < -0.3 is 19.7 Å². The third-order valence-electron chi connectivity index (χ3n) is 5.83. The van der Waals surface area contributed by atoms with Gasteiger partial charge in [-0.3, -0.25) is 4.79 Å². The lowest BCUT2D eigenvalue weighted by Crippen LogP contribution is -2.58. The topological polar surface area (TPSA) is 50.8 Å². The maximum atomic E-state index is 13.4. The van der Waals surface area contributed by atoms with Crippen molar-refractivity contribution in [3.63, 3.8) is 0 Å². The molecule has 1 N–H and O–H groups in total. The molecule has 0 fully saturated rings. The third-order valence-corrected chi connectivity index (χ3v) is 5.83. The average molecular weight is 411 g/mol. The second kappa shape index (κ2) is 10.5. The molecule has 3 rings (SSSR count). The van der Waals surface area contributed by atoms with E-state index in [4.69, 9.17) is 9.47 Å². The number of carbonyl (C=O) groups is 1. The van der Waals surface area contributed by atoms with Crippen LogP contribution in [0.4, 0.5) is 5.69 Å². The van der Waals surface area contributed by atoms with E-state index in [2.05, 4.69) is 31.3 Å². The number of unbranched alkanes of at least 4 members (excludes halogenated alkanes) is 3. The number of fused-ring (bicyclic) bond motifs is 1. The van der Waals surface area contributed by atoms with E-state index in [1.54, 1.807) is 7.11 Å². The van der Waals surface area contributed by atoms with Gasteiger partial charge in [-0.05, 0) is 42.7 Å². The zero-order valence-electron chi connectivity index (χ0n) is 18.4. The molecule has 0 spiro atoms. The minimum atomic E-state index is -0.621. The van der Waals surface area contributed by atoms with Crippen molar-refractivity contribution in [2.45, 2.75) is 51.6 Å². The third kappa shape index (κ3) is 4.62. The van der Waals surface area contributed by atoms with Gasteiger partial charge in [-0.2, -0.15) is 0 Å². The fourth-order valence-corrected chi connectivity index (χ4v) is 4.12. The average Bonchev–Trinajstić information content (AvgIpc) is 2.78. The quantitative estimate of drug-likeness (QED) is 0.502. The summed E-state index contributed by atoms with van der Waals surface area (Å²) in [6.45, 7) is 6.05. The molecule has 0 aliphatic carbocycles. The van der Waals surface area contributed by atoms with Crippen LogP contribution >= 0.6 is 0 Å². The Morgan fingerprint density at radius 2 is 1.73 bits per heavy atom. The SMILES string of the molecule is CCCCCCOc1ccc(C2(CC)Nc3ccccc3C(=O)N2CCOC)cc1. The first-order valence-corrected chi connectivity index (χ1v) is 11.1. The van der Waals surface area contributed by atoms with Crippen LogP contribution in [0.2, 0.25) is 0 Å². The minimum absolute atomic E-state index is 0.0273. The van der Waals surface area contributed by atoms with Crippen molar-refractivity contribution in [2.75, 3.05) is 32.2 Å². The summed E-state index contributed by atoms with van der Waals surface area (Å²) >= 11 is 0. The Bertz CT molecular complexity index is 821. The van der Waals surface area contributed by atoms with Gasteiger partial charge in [0.15, 0.2) is 0 Å². The molecule has 1 aliphatic heterocycles. The lowest BCUT2D eigenvalue weighted by atomic mass is 9.89. The van der Waals surface area contributed by atoms with Gasteiger partial charge in [-0.25, -0.2) is 0 Å². The number of methoxy groups -OCH3 is 1. The molecule has 162 valence electrons. The van der Waals surface area contributed by atoms with Crippen molar-refractivity contribution in [2.24, 2.45) is 0 Å². The van der Waals surface area contributed by atoms with E-state index in [-0.39, 0.29) is 5.91 Å². The summed E-state index contributed by atoms with van der Waals surface area (Å²) < 4.78 is 11.2. The zero-order chi connectivity index (χ0) is 21.4. The summed E-state index contributed by atoms with van der Waals surface area (Å²) in [5, 5.41) is 3.66. The molecule has 1 unspecified atom stereocenters. The molecule has 5 nitrogen and oxygen atoms in total. The molecule has 1 atom stereocenters. The van der Waals surface area contributed by atoms with Crippen molar-refractivity contribution in [3.05, 3.63) is 59.7 Å². The van der Waals surface area contributed by atoms with Crippen molar-refractivity contribution in [3.8, 4) is 5.75 Å². The first-order chi connectivity index (χ1) is 14.7. The number of para-hydroxylation sites is 1. The smallest absolute Gasteiger partial charge is 0.258 e. The zero-order valence-corrected chi connectivity index (χ0v) is 18.4. The summed E-state index contributed by atoms with van der Waals surface area (Å²) in [6.07, 6.45) is 5.48. The first-order valence-electron chi connectivity index (χ1n) is 11.1. The predicted molar refractivity (Wildman–Crippen MR) is 121 cm³/mol. The molecule has 1 heterocycles. The number of hydrogen-bond donors (Lipinski definition) is 1. The van der Waals surface area contributed by atoms with Gasteiger partial charge >= 0.3 is 0 Å². The summed E-state index contributed by atoms with van der Waals surface area (Å²) in [7, 11) is 1.66. The summed E-state index contributed by atoms with van der Waals surface area (Å²) in [6, 6.07) is 15.9. The van der Waals surface area contributed by atoms with E-state index in [0.29, 0.717) is 18.7 Å². The number of amides is 1. The van der Waals surface area contributed by atoms with Crippen LogP contribution in [0, 0.1) is 0 Å². The number of ether oxygens (including phenoxy) is 2. The summed E-state index contributed by atoms with van der Waals surface area (Å²) in [5.41, 5.74) is 1.99. The summed E-state index contributed by atoms with van der Waals surface area (Å²) in [5.74, 6) is 0.895. The molecule has 1 aliphatic rings. The second-order valence-electron chi connectivity index (χ2n) is 7.77. The Morgan fingerprint density at radius 1 is 0.967 bits per heavy atom. The lowest BCUT2D eigenvalue weighted by Gasteiger charge is -2.48. The highest BCUT2D eigenvalue weighted by Crippen LogP contribution is 2.40. The Hall–Kier alpha value is -2.53. The molecular formula is C25H34N2O3. The molecule has 0 radical (unpaired) electrons. The van der Waals surface area contributed by atoms with Crippen LogP contribution in [0.5, 0.6) is 5.75 Å². The Labute approximate surface area is 180 Å². The molecule has 30 heavy (non-hydrogen) atoms. The van der Waals surface area contributed by atoms with Crippen LogP contribution < -0.4 is 10.1 Å². The van der Waals surface area contributed by atoms with Crippen molar-refractivity contribution >= 4 is 11.6 Å². The van der Waals surface area contributed by atoms with E-state index in [0.717, 1.165) is 36.4 Å². The Morgan fingerprint density at radius 3 is 2.43 bits per heavy atom. The predicted octanol–water partition coefficient (Wildman–Crippen LogP) is 5.42. The van der Waals surface area contributed by atoms with E-state index in [1.807, 2.05) is 41.3 Å². The van der Waals surface area contributed by atoms with Gasteiger partial charge in [-0.15, -0.1) is 0 Å². The number of anilines is 1. The molecule has 0 aromatic heterocycles. The van der Waals surface area contributed by atoms with Crippen LogP contribution in [0.15, 0.2) is 48.5 Å². The van der Waals surface area contributed by atoms with Gasteiger partial charge in [0, 0.05) is 19.3 Å². The molecule has 0 saturated heterocycles. The number of carbonyl (C=O) groups excluding carboxylic acids is 1. The first kappa shape index (κ1) is 22.2. The van der Waals surface area contributed by atoms with E-state index >= 15 is 0 Å². The second-order valence-corrected chi connectivity index (χ2v) is 7.77. The van der Waals surface area contributed by atoms with Crippen molar-refractivity contribution < 1.29 is 14.3 Å². The van der Waals surface area contributed by atoms with Crippen LogP contribution in [-0.2, 0) is 10.4 Å². The number of nitrogens with one attached hydrogen (secondary N) is 1. The highest BCUT2D eigenvalue weighted by atomic mass is 16.5. The van der Waals surface area contributed by atoms with Crippen molar-refractivity contribution in [1.29, 1.82) is 0 Å². The van der Waals surface area contributed by atoms with Gasteiger partial charge in [0.25, 0.3) is 5.91 Å². The van der Waals surface area contributed by atoms with E-state index < -0.39 is 5.66 Å². The lowest BCUT2D eigenvalue weighted by molar-refractivity contribution is 0.0381. The summed E-state index contributed by atoms with van der Waals surface area (Å²) in [4.78, 5) is 15.3. The minimum Gasteiger partial charge on any atom is -0.494 e. The number of nitrogens with zero attached hydrogens (tertiary/aromatic N) is 1. The normalized spacial score (nSPS) is 18.1. The van der Waals surface area contributed by atoms with Crippen molar-refractivity contribution in [1.82, 2.24) is 4.90 Å². The molecule has 2 aromatic carbocycles. The van der Waals surface area contributed by atoms with Gasteiger partial charge in [0.05, 0.1) is 18.8 Å². The number of hydrogen-bond acceptors (Lipinski definition) is 4. The molecule has 1 amide bonds. The standard InChI is InChI=1S/C25H34N2O3/c1-4-6-7-10-18-30-21-15-13-20(14-16-21)25(5-2)26-23-12-9-8-11-22(23)24(28)27(25)17-19-29-3/h8-9,11-16,26H,4-7,10,17-19H2,1-3H3. The van der Waals surface area contributed by atoms with Gasteiger partial charge in [0.1, 0.15) is 11.4 Å². The Balaban J connectivity index is 1.85. The fraction of sp³-hybridized carbons (Fsp3) is 0.480. The molecular weight excluding hydrogens is 376 g/mol.